The minimum absolute atomic E-state index is 0. The van der Waals surface area contributed by atoms with E-state index in [1.807, 2.05) is 24.7 Å². The molecule has 0 saturated heterocycles. The monoisotopic (exact) mass is 471 g/mol. The smallest absolute Gasteiger partial charge is 0.191 e. The van der Waals surface area contributed by atoms with Crippen LogP contribution in [-0.4, -0.2) is 29.4 Å². The zero-order chi connectivity index (χ0) is 18.4. The Balaban J connectivity index is 0.00000338. The van der Waals surface area contributed by atoms with Crippen molar-refractivity contribution in [2.45, 2.75) is 40.8 Å². The van der Waals surface area contributed by atoms with Crippen molar-refractivity contribution in [2.75, 3.05) is 13.7 Å². The number of hydrogen-bond acceptors (Lipinski definition) is 3. The summed E-state index contributed by atoms with van der Waals surface area (Å²) in [6, 6.07) is 6.18. The Morgan fingerprint density at radius 3 is 2.54 bits per heavy atom. The van der Waals surface area contributed by atoms with Gasteiger partial charge in [0.1, 0.15) is 5.75 Å². The van der Waals surface area contributed by atoms with E-state index in [2.05, 4.69) is 48.6 Å². The number of rotatable bonds is 6. The number of methoxy groups -OCH3 is 1. The second-order valence-electron chi connectivity index (χ2n) is 6.14. The first-order valence-electron chi connectivity index (χ1n) is 8.61. The van der Waals surface area contributed by atoms with Gasteiger partial charge in [0.2, 0.25) is 0 Å². The number of benzene rings is 1. The molecule has 0 aliphatic heterocycles. The van der Waals surface area contributed by atoms with Crippen LogP contribution in [0.4, 0.5) is 0 Å². The summed E-state index contributed by atoms with van der Waals surface area (Å²) in [6.07, 6.45) is 0. The summed E-state index contributed by atoms with van der Waals surface area (Å²) in [5, 5.41) is 11.1. The van der Waals surface area contributed by atoms with Crippen LogP contribution in [0.3, 0.4) is 0 Å². The zero-order valence-electron chi connectivity index (χ0n) is 16.5. The third-order valence-corrected chi connectivity index (χ3v) is 4.29. The summed E-state index contributed by atoms with van der Waals surface area (Å²) in [7, 11) is 3.66. The van der Waals surface area contributed by atoms with Crippen molar-refractivity contribution in [3.05, 3.63) is 46.3 Å². The summed E-state index contributed by atoms with van der Waals surface area (Å²) in [6.45, 7) is 10.3. The summed E-state index contributed by atoms with van der Waals surface area (Å²) in [5.74, 6) is 1.66. The molecule has 2 rings (SSSR count). The summed E-state index contributed by atoms with van der Waals surface area (Å²) in [4.78, 5) is 4.69. The first-order chi connectivity index (χ1) is 12.0. The molecule has 0 aliphatic rings. The van der Waals surface area contributed by atoms with Crippen LogP contribution >= 0.6 is 24.0 Å². The standard InChI is InChI=1S/C19H29N5O.HI/c1-7-20-19(22-12-17-14(3)23-24(5)15(17)4)21-11-16-9-8-13(2)10-18(16)25-6;/h8-10H,7,11-12H2,1-6H3,(H2,20,21,22);1H. The number of nitrogens with zero attached hydrogens (tertiary/aromatic N) is 3. The summed E-state index contributed by atoms with van der Waals surface area (Å²) >= 11 is 0. The van der Waals surface area contributed by atoms with Gasteiger partial charge in [0.05, 0.1) is 19.3 Å². The Labute approximate surface area is 173 Å². The Bertz CT molecular complexity index is 755. The van der Waals surface area contributed by atoms with Crippen LogP contribution < -0.4 is 15.4 Å². The Hall–Kier alpha value is -1.77. The molecule has 2 aromatic rings. The predicted octanol–water partition coefficient (Wildman–Crippen LogP) is 3.23. The van der Waals surface area contributed by atoms with E-state index in [9.17, 15) is 0 Å². The molecular weight excluding hydrogens is 441 g/mol. The predicted molar refractivity (Wildman–Crippen MR) is 117 cm³/mol. The Morgan fingerprint density at radius 1 is 1.23 bits per heavy atom. The maximum Gasteiger partial charge on any atom is 0.191 e. The zero-order valence-corrected chi connectivity index (χ0v) is 18.8. The highest BCUT2D eigenvalue weighted by molar-refractivity contribution is 14.0. The summed E-state index contributed by atoms with van der Waals surface area (Å²) < 4.78 is 7.37. The molecule has 0 amide bonds. The van der Waals surface area contributed by atoms with Gasteiger partial charge in [-0.3, -0.25) is 4.68 Å². The van der Waals surface area contributed by atoms with Gasteiger partial charge in [0, 0.05) is 37.0 Å². The lowest BCUT2D eigenvalue weighted by atomic mass is 10.1. The van der Waals surface area contributed by atoms with Crippen LogP contribution in [0.15, 0.2) is 23.2 Å². The quantitative estimate of drug-likeness (QED) is 0.386. The van der Waals surface area contributed by atoms with Crippen LogP contribution in [0, 0.1) is 20.8 Å². The van der Waals surface area contributed by atoms with E-state index in [0.717, 1.165) is 29.5 Å². The number of halogens is 1. The topological polar surface area (TPSA) is 63.5 Å². The van der Waals surface area contributed by atoms with Gasteiger partial charge in [-0.15, -0.1) is 24.0 Å². The lowest BCUT2D eigenvalue weighted by molar-refractivity contribution is 0.409. The first kappa shape index (κ1) is 22.3. The van der Waals surface area contributed by atoms with E-state index >= 15 is 0 Å². The maximum absolute atomic E-state index is 5.46. The molecule has 0 fully saturated rings. The molecule has 0 atom stereocenters. The normalized spacial score (nSPS) is 11.1. The van der Waals surface area contributed by atoms with Crippen LogP contribution in [0.2, 0.25) is 0 Å². The molecule has 0 radical (unpaired) electrons. The van der Waals surface area contributed by atoms with Crippen molar-refractivity contribution in [1.82, 2.24) is 20.4 Å². The van der Waals surface area contributed by atoms with E-state index in [-0.39, 0.29) is 24.0 Å². The van der Waals surface area contributed by atoms with Gasteiger partial charge >= 0.3 is 0 Å². The molecule has 1 aromatic heterocycles. The van der Waals surface area contributed by atoms with Crippen LogP contribution in [0.25, 0.3) is 0 Å². The van der Waals surface area contributed by atoms with Crippen molar-refractivity contribution in [3.8, 4) is 5.75 Å². The third kappa shape index (κ3) is 5.62. The lowest BCUT2D eigenvalue weighted by Gasteiger charge is -2.13. The first-order valence-corrected chi connectivity index (χ1v) is 8.61. The van der Waals surface area contributed by atoms with Crippen LogP contribution in [-0.2, 0) is 20.1 Å². The number of aliphatic imine (C=N–C) groups is 1. The molecule has 26 heavy (non-hydrogen) atoms. The van der Waals surface area contributed by atoms with Gasteiger partial charge in [-0.05, 0) is 39.3 Å². The number of hydrogen-bond donors (Lipinski definition) is 2. The molecule has 144 valence electrons. The number of nitrogens with one attached hydrogen (secondary N) is 2. The molecule has 0 spiro atoms. The molecule has 1 heterocycles. The highest BCUT2D eigenvalue weighted by Gasteiger charge is 2.10. The largest absolute Gasteiger partial charge is 0.496 e. The minimum atomic E-state index is 0. The minimum Gasteiger partial charge on any atom is -0.496 e. The SMILES string of the molecule is CCNC(=NCc1ccc(C)cc1OC)NCc1c(C)nn(C)c1C.I. The number of aryl methyl sites for hydroxylation is 3. The van der Waals surface area contributed by atoms with Crippen molar-refractivity contribution in [2.24, 2.45) is 12.0 Å². The molecule has 0 saturated carbocycles. The third-order valence-electron chi connectivity index (χ3n) is 4.29. The average Bonchev–Trinajstić information content (AvgIpc) is 2.83. The highest BCUT2D eigenvalue weighted by atomic mass is 127. The fourth-order valence-corrected chi connectivity index (χ4v) is 2.73. The van der Waals surface area contributed by atoms with Crippen molar-refractivity contribution in [3.63, 3.8) is 0 Å². The van der Waals surface area contributed by atoms with E-state index in [1.54, 1.807) is 7.11 Å². The molecule has 0 aliphatic carbocycles. The van der Waals surface area contributed by atoms with Gasteiger partial charge in [0.15, 0.2) is 5.96 Å². The Kier molecular flexibility index (Phi) is 8.91. The van der Waals surface area contributed by atoms with Gasteiger partial charge in [0.25, 0.3) is 0 Å². The summed E-state index contributed by atoms with van der Waals surface area (Å²) in [5.41, 5.74) is 5.67. The molecule has 0 unspecified atom stereocenters. The second kappa shape index (κ2) is 10.4. The van der Waals surface area contributed by atoms with Gasteiger partial charge in [-0.2, -0.15) is 5.10 Å². The molecule has 6 nitrogen and oxygen atoms in total. The van der Waals surface area contributed by atoms with Crippen molar-refractivity contribution >= 4 is 29.9 Å². The van der Waals surface area contributed by atoms with E-state index in [4.69, 9.17) is 9.73 Å². The second-order valence-corrected chi connectivity index (χ2v) is 6.14. The average molecular weight is 471 g/mol. The van der Waals surface area contributed by atoms with E-state index in [0.29, 0.717) is 13.1 Å². The van der Waals surface area contributed by atoms with Crippen LogP contribution in [0.1, 0.15) is 35.0 Å². The molecule has 2 N–H and O–H groups in total. The maximum atomic E-state index is 5.46. The van der Waals surface area contributed by atoms with E-state index in [1.165, 1.54) is 16.8 Å². The fraction of sp³-hybridized carbons (Fsp3) is 0.474. The number of aromatic nitrogens is 2. The van der Waals surface area contributed by atoms with Gasteiger partial charge in [-0.25, -0.2) is 4.99 Å². The van der Waals surface area contributed by atoms with Crippen molar-refractivity contribution in [1.29, 1.82) is 0 Å². The Morgan fingerprint density at radius 2 is 1.96 bits per heavy atom. The number of guanidine groups is 1. The molecule has 0 bridgehead atoms. The van der Waals surface area contributed by atoms with Gasteiger partial charge in [-0.1, -0.05) is 12.1 Å². The molecule has 1 aromatic carbocycles. The van der Waals surface area contributed by atoms with Crippen LogP contribution in [0.5, 0.6) is 5.75 Å². The fourth-order valence-electron chi connectivity index (χ4n) is 2.73. The van der Waals surface area contributed by atoms with E-state index < -0.39 is 0 Å². The molecule has 7 heteroatoms. The number of ether oxygens (including phenoxy) is 1. The highest BCUT2D eigenvalue weighted by Crippen LogP contribution is 2.20. The molecular formula is C19H30IN5O. The van der Waals surface area contributed by atoms with Crippen molar-refractivity contribution < 1.29 is 4.74 Å². The lowest BCUT2D eigenvalue weighted by Crippen LogP contribution is -2.37. The van der Waals surface area contributed by atoms with Gasteiger partial charge < -0.3 is 15.4 Å².